The Morgan fingerprint density at radius 1 is 1.44 bits per heavy atom. The number of benzene rings is 1. The summed E-state index contributed by atoms with van der Waals surface area (Å²) in [6, 6.07) is 5.97. The molecule has 18 heavy (non-hydrogen) atoms. The van der Waals surface area contributed by atoms with Gasteiger partial charge in [0.15, 0.2) is 5.60 Å². The maximum Gasteiger partial charge on any atom is 0.417 e. The molecular formula is C11H11ClF3NO2. The number of alkyl halides is 3. The van der Waals surface area contributed by atoms with E-state index in [2.05, 4.69) is 5.32 Å². The Kier molecular flexibility index (Phi) is 4.24. The van der Waals surface area contributed by atoms with Crippen molar-refractivity contribution in [3.8, 4) is 0 Å². The minimum atomic E-state index is -4.86. The van der Waals surface area contributed by atoms with Crippen molar-refractivity contribution in [2.75, 3.05) is 5.32 Å². The van der Waals surface area contributed by atoms with Gasteiger partial charge in [-0.3, -0.25) is 4.79 Å². The van der Waals surface area contributed by atoms with E-state index in [9.17, 15) is 18.0 Å². The second kappa shape index (κ2) is 5.16. The first-order valence-corrected chi connectivity index (χ1v) is 5.34. The van der Waals surface area contributed by atoms with Crippen molar-refractivity contribution < 1.29 is 23.1 Å². The lowest BCUT2D eigenvalue weighted by Crippen LogP contribution is -2.44. The fourth-order valence-corrected chi connectivity index (χ4v) is 1.37. The topological polar surface area (TPSA) is 49.3 Å². The number of nitrogens with one attached hydrogen (secondary N) is 1. The zero-order chi connectivity index (χ0) is 14.0. The minimum absolute atomic E-state index is 0.269. The molecular weight excluding hydrogens is 271 g/mol. The number of anilines is 1. The van der Waals surface area contributed by atoms with Gasteiger partial charge < -0.3 is 10.4 Å². The van der Waals surface area contributed by atoms with Gasteiger partial charge in [0.1, 0.15) is 0 Å². The first-order chi connectivity index (χ1) is 8.12. The van der Waals surface area contributed by atoms with Gasteiger partial charge in [0.05, 0.1) is 6.42 Å². The molecule has 2 N–H and O–H groups in total. The number of hydrogen-bond donors (Lipinski definition) is 2. The monoisotopic (exact) mass is 281 g/mol. The molecule has 0 saturated carbocycles. The Balaban J connectivity index is 2.68. The highest BCUT2D eigenvalue weighted by molar-refractivity contribution is 6.30. The van der Waals surface area contributed by atoms with Crippen LogP contribution < -0.4 is 5.32 Å². The summed E-state index contributed by atoms with van der Waals surface area (Å²) in [5, 5.41) is 11.7. The molecule has 0 radical (unpaired) electrons. The van der Waals surface area contributed by atoms with Gasteiger partial charge in [-0.05, 0) is 25.1 Å². The molecule has 0 spiro atoms. The fourth-order valence-electron chi connectivity index (χ4n) is 1.18. The first kappa shape index (κ1) is 14.8. The number of halogens is 4. The maximum absolute atomic E-state index is 12.3. The molecule has 0 aliphatic carbocycles. The Morgan fingerprint density at radius 3 is 2.56 bits per heavy atom. The van der Waals surface area contributed by atoms with E-state index < -0.39 is 24.1 Å². The third kappa shape index (κ3) is 3.89. The highest BCUT2D eigenvalue weighted by Gasteiger charge is 2.50. The number of carbonyl (C=O) groups is 1. The highest BCUT2D eigenvalue weighted by Crippen LogP contribution is 2.32. The van der Waals surface area contributed by atoms with Crippen LogP contribution in [-0.4, -0.2) is 22.8 Å². The van der Waals surface area contributed by atoms with Gasteiger partial charge in [-0.25, -0.2) is 0 Å². The van der Waals surface area contributed by atoms with Gasteiger partial charge in [0.25, 0.3) is 0 Å². The molecule has 0 fully saturated rings. The molecule has 0 saturated heterocycles. The van der Waals surface area contributed by atoms with Crippen molar-refractivity contribution in [2.45, 2.75) is 25.1 Å². The van der Waals surface area contributed by atoms with E-state index in [-0.39, 0.29) is 5.69 Å². The standard InChI is InChI=1S/C11H11ClF3NO2/c1-10(18,11(13,14)15)6-9(17)16-8-4-2-3-7(12)5-8/h2-5,18H,6H2,1H3,(H,16,17)/t10-/m0/s1. The molecule has 1 rings (SSSR count). The maximum atomic E-state index is 12.3. The van der Waals surface area contributed by atoms with Crippen LogP contribution in [0.5, 0.6) is 0 Å². The van der Waals surface area contributed by atoms with Gasteiger partial charge in [-0.2, -0.15) is 13.2 Å². The molecule has 100 valence electrons. The van der Waals surface area contributed by atoms with E-state index in [1.165, 1.54) is 12.1 Å². The average molecular weight is 282 g/mol. The third-order valence-electron chi connectivity index (χ3n) is 2.22. The summed E-state index contributed by atoms with van der Waals surface area (Å²) < 4.78 is 37.0. The Bertz CT molecular complexity index is 446. The van der Waals surface area contributed by atoms with Gasteiger partial charge in [-0.15, -0.1) is 0 Å². The number of aliphatic hydroxyl groups is 1. The molecule has 0 unspecified atom stereocenters. The molecule has 3 nitrogen and oxygen atoms in total. The van der Waals surface area contributed by atoms with Gasteiger partial charge in [-0.1, -0.05) is 17.7 Å². The molecule has 1 aromatic carbocycles. The van der Waals surface area contributed by atoms with E-state index in [0.717, 1.165) is 0 Å². The number of rotatable bonds is 3. The summed E-state index contributed by atoms with van der Waals surface area (Å²) in [5.41, 5.74) is -2.79. The van der Waals surface area contributed by atoms with Crippen LogP contribution in [0.25, 0.3) is 0 Å². The third-order valence-corrected chi connectivity index (χ3v) is 2.46. The van der Waals surface area contributed by atoms with Crippen LogP contribution in [-0.2, 0) is 4.79 Å². The lowest BCUT2D eigenvalue weighted by Gasteiger charge is -2.25. The van der Waals surface area contributed by atoms with Crippen molar-refractivity contribution in [2.24, 2.45) is 0 Å². The molecule has 0 heterocycles. The molecule has 1 atom stereocenters. The van der Waals surface area contributed by atoms with E-state index in [1.54, 1.807) is 12.1 Å². The van der Waals surface area contributed by atoms with Crippen LogP contribution >= 0.6 is 11.6 Å². The molecule has 1 amide bonds. The van der Waals surface area contributed by atoms with Crippen molar-refractivity contribution in [3.63, 3.8) is 0 Å². The number of hydrogen-bond acceptors (Lipinski definition) is 2. The summed E-state index contributed by atoms with van der Waals surface area (Å²) in [7, 11) is 0. The lowest BCUT2D eigenvalue weighted by molar-refractivity contribution is -0.252. The minimum Gasteiger partial charge on any atom is -0.380 e. The van der Waals surface area contributed by atoms with Gasteiger partial charge in [0, 0.05) is 10.7 Å². The highest BCUT2D eigenvalue weighted by atomic mass is 35.5. The summed E-state index contributed by atoms with van der Waals surface area (Å²) in [5.74, 6) is -0.945. The molecule has 0 bridgehead atoms. The van der Waals surface area contributed by atoms with Crippen LogP contribution in [0.4, 0.5) is 18.9 Å². The Labute approximate surface area is 107 Å². The summed E-state index contributed by atoms with van der Waals surface area (Å²) in [4.78, 5) is 11.4. The molecule has 0 aromatic heterocycles. The summed E-state index contributed by atoms with van der Waals surface area (Å²) >= 11 is 5.65. The largest absolute Gasteiger partial charge is 0.417 e. The number of carbonyl (C=O) groups excluding carboxylic acids is 1. The second-order valence-electron chi connectivity index (χ2n) is 4.01. The van der Waals surface area contributed by atoms with Crippen LogP contribution in [0, 0.1) is 0 Å². The van der Waals surface area contributed by atoms with Crippen LogP contribution in [0.15, 0.2) is 24.3 Å². The average Bonchev–Trinajstić information content (AvgIpc) is 2.14. The Morgan fingerprint density at radius 2 is 2.06 bits per heavy atom. The smallest absolute Gasteiger partial charge is 0.380 e. The van der Waals surface area contributed by atoms with E-state index in [1.807, 2.05) is 0 Å². The lowest BCUT2D eigenvalue weighted by atomic mass is 10.0. The van der Waals surface area contributed by atoms with E-state index in [4.69, 9.17) is 16.7 Å². The first-order valence-electron chi connectivity index (χ1n) is 4.96. The Hall–Kier alpha value is -1.27. The van der Waals surface area contributed by atoms with Crippen LogP contribution in [0.3, 0.4) is 0 Å². The normalized spacial score (nSPS) is 15.0. The van der Waals surface area contributed by atoms with E-state index >= 15 is 0 Å². The number of amides is 1. The van der Waals surface area contributed by atoms with Gasteiger partial charge >= 0.3 is 6.18 Å². The van der Waals surface area contributed by atoms with E-state index in [0.29, 0.717) is 11.9 Å². The predicted molar refractivity (Wildman–Crippen MR) is 61.4 cm³/mol. The van der Waals surface area contributed by atoms with Crippen LogP contribution in [0.2, 0.25) is 5.02 Å². The zero-order valence-corrected chi connectivity index (χ0v) is 10.1. The second-order valence-corrected chi connectivity index (χ2v) is 4.44. The SMILES string of the molecule is C[C@](O)(CC(=O)Nc1cccc(Cl)c1)C(F)(F)F. The van der Waals surface area contributed by atoms with Gasteiger partial charge in [0.2, 0.25) is 5.91 Å². The quantitative estimate of drug-likeness (QED) is 0.895. The van der Waals surface area contributed by atoms with Crippen molar-refractivity contribution in [3.05, 3.63) is 29.3 Å². The molecule has 0 aliphatic rings. The van der Waals surface area contributed by atoms with Crippen molar-refractivity contribution >= 4 is 23.2 Å². The van der Waals surface area contributed by atoms with Crippen LogP contribution in [0.1, 0.15) is 13.3 Å². The predicted octanol–water partition coefficient (Wildman–Crippen LogP) is 2.98. The zero-order valence-electron chi connectivity index (χ0n) is 9.38. The summed E-state index contributed by atoms with van der Waals surface area (Å²) in [6.07, 6.45) is -5.94. The van der Waals surface area contributed by atoms with Crippen molar-refractivity contribution in [1.29, 1.82) is 0 Å². The van der Waals surface area contributed by atoms with Crippen molar-refractivity contribution in [1.82, 2.24) is 0 Å². The summed E-state index contributed by atoms with van der Waals surface area (Å²) in [6.45, 7) is 0.546. The molecule has 0 aliphatic heterocycles. The molecule has 1 aromatic rings. The fraction of sp³-hybridized carbons (Fsp3) is 0.364. The molecule has 7 heteroatoms.